The SMILES string of the molecule is CCn1c(-c2nc3cc(C(=O)N4CC(O)CC(NC(=O)C(C)(F)F)C4)ccc3n2C)cc2ccccc21. The fourth-order valence-electron chi connectivity index (χ4n) is 5.14. The zero-order valence-corrected chi connectivity index (χ0v) is 20.9. The molecule has 1 saturated heterocycles. The average Bonchev–Trinajstić information content (AvgIpc) is 3.39. The van der Waals surface area contributed by atoms with Crippen molar-refractivity contribution < 1.29 is 23.5 Å². The number of halogens is 2. The molecule has 1 fully saturated rings. The number of β-amino-alcohol motifs (C(OH)–C–C–N with tert-alkyl or cyclic N) is 1. The summed E-state index contributed by atoms with van der Waals surface area (Å²) in [5, 5.41) is 13.6. The van der Waals surface area contributed by atoms with Crippen LogP contribution in [-0.4, -0.2) is 67.1 Å². The van der Waals surface area contributed by atoms with E-state index < -0.39 is 24.0 Å². The maximum absolute atomic E-state index is 13.3. The fourth-order valence-corrected chi connectivity index (χ4v) is 5.14. The Labute approximate surface area is 212 Å². The number of likely N-dealkylation sites (tertiary alicyclic amines) is 1. The second kappa shape index (κ2) is 9.26. The summed E-state index contributed by atoms with van der Waals surface area (Å²) in [6.45, 7) is 3.45. The molecule has 0 aliphatic carbocycles. The van der Waals surface area contributed by atoms with E-state index in [4.69, 9.17) is 4.98 Å². The van der Waals surface area contributed by atoms with Crippen molar-refractivity contribution >= 4 is 33.8 Å². The predicted molar refractivity (Wildman–Crippen MR) is 136 cm³/mol. The first-order valence-corrected chi connectivity index (χ1v) is 12.3. The monoisotopic (exact) mass is 509 g/mol. The molecule has 10 heteroatoms. The van der Waals surface area contributed by atoms with Crippen LogP contribution in [0.5, 0.6) is 0 Å². The van der Waals surface area contributed by atoms with Gasteiger partial charge >= 0.3 is 5.92 Å². The first kappa shape index (κ1) is 24.9. The summed E-state index contributed by atoms with van der Waals surface area (Å²) in [5.74, 6) is -4.55. The van der Waals surface area contributed by atoms with Crippen LogP contribution in [0.15, 0.2) is 48.5 Å². The fraction of sp³-hybridized carbons (Fsp3) is 0.370. The van der Waals surface area contributed by atoms with Crippen LogP contribution in [0.3, 0.4) is 0 Å². The Morgan fingerprint density at radius 3 is 2.62 bits per heavy atom. The third kappa shape index (κ3) is 4.57. The molecule has 0 saturated carbocycles. The number of alkyl halides is 2. The van der Waals surface area contributed by atoms with Crippen molar-refractivity contribution in [2.75, 3.05) is 13.1 Å². The lowest BCUT2D eigenvalue weighted by atomic mass is 10.0. The summed E-state index contributed by atoms with van der Waals surface area (Å²) >= 11 is 0. The summed E-state index contributed by atoms with van der Waals surface area (Å²) in [4.78, 5) is 31.3. The van der Waals surface area contributed by atoms with E-state index in [0.717, 1.165) is 34.5 Å². The second-order valence-electron chi connectivity index (χ2n) is 9.69. The van der Waals surface area contributed by atoms with E-state index in [9.17, 15) is 23.5 Å². The minimum absolute atomic E-state index is 0.0276. The number of fused-ring (bicyclic) bond motifs is 2. The van der Waals surface area contributed by atoms with Crippen LogP contribution >= 0.6 is 0 Å². The number of carbonyl (C=O) groups excluding carboxylic acids is 2. The molecule has 3 heterocycles. The van der Waals surface area contributed by atoms with E-state index >= 15 is 0 Å². The summed E-state index contributed by atoms with van der Waals surface area (Å²) in [6.07, 6.45) is -0.839. The number of hydrogen-bond acceptors (Lipinski definition) is 4. The predicted octanol–water partition coefficient (Wildman–Crippen LogP) is 3.56. The third-order valence-corrected chi connectivity index (χ3v) is 6.93. The van der Waals surface area contributed by atoms with Gasteiger partial charge in [-0.25, -0.2) is 4.98 Å². The van der Waals surface area contributed by atoms with Gasteiger partial charge in [-0.05, 0) is 43.7 Å². The normalized spacial score (nSPS) is 18.5. The number of imidazole rings is 1. The zero-order valence-electron chi connectivity index (χ0n) is 20.9. The Bertz CT molecular complexity index is 1500. The van der Waals surface area contributed by atoms with Crippen LogP contribution in [0.25, 0.3) is 33.5 Å². The maximum atomic E-state index is 13.3. The lowest BCUT2D eigenvalue weighted by Crippen LogP contribution is -2.56. The molecule has 2 atom stereocenters. The summed E-state index contributed by atoms with van der Waals surface area (Å²) < 4.78 is 30.9. The lowest BCUT2D eigenvalue weighted by molar-refractivity contribution is -0.144. The number of aryl methyl sites for hydroxylation is 2. The third-order valence-electron chi connectivity index (χ3n) is 6.93. The van der Waals surface area contributed by atoms with Crippen molar-refractivity contribution in [3.05, 3.63) is 54.1 Å². The Hall–Kier alpha value is -3.79. The molecule has 2 unspecified atom stereocenters. The molecule has 2 amide bonds. The number of aliphatic hydroxyl groups excluding tert-OH is 1. The first-order valence-electron chi connectivity index (χ1n) is 12.3. The van der Waals surface area contributed by atoms with Crippen molar-refractivity contribution in [2.24, 2.45) is 7.05 Å². The van der Waals surface area contributed by atoms with Gasteiger partial charge in [-0.15, -0.1) is 0 Å². The second-order valence-corrected chi connectivity index (χ2v) is 9.69. The van der Waals surface area contributed by atoms with Gasteiger partial charge in [0.15, 0.2) is 5.82 Å². The van der Waals surface area contributed by atoms with E-state index in [2.05, 4.69) is 35.0 Å². The van der Waals surface area contributed by atoms with Crippen LogP contribution in [-0.2, 0) is 18.4 Å². The molecule has 37 heavy (non-hydrogen) atoms. The van der Waals surface area contributed by atoms with E-state index in [-0.39, 0.29) is 25.4 Å². The van der Waals surface area contributed by atoms with Gasteiger partial charge in [0.2, 0.25) is 0 Å². The van der Waals surface area contributed by atoms with Crippen LogP contribution < -0.4 is 5.32 Å². The Kier molecular flexibility index (Phi) is 6.23. The standard InChI is InChI=1S/C27H29F2N5O3/c1-4-34-21-8-6-5-7-16(21)12-23(34)24-31-20-11-17(9-10-22(20)32(24)3)25(36)33-14-18(13-19(35)15-33)30-26(37)27(2,28)29/h5-12,18-19,35H,4,13-15H2,1-3H3,(H,30,37). The number of aliphatic hydroxyl groups is 1. The molecule has 2 N–H and O–H groups in total. The van der Waals surface area contributed by atoms with Gasteiger partial charge in [-0.1, -0.05) is 18.2 Å². The minimum Gasteiger partial charge on any atom is -0.391 e. The van der Waals surface area contributed by atoms with Crippen molar-refractivity contribution in [1.82, 2.24) is 24.3 Å². The number of carbonyl (C=O) groups is 2. The molecule has 1 aliphatic rings. The molecular formula is C27H29F2N5O3. The molecule has 194 valence electrons. The van der Waals surface area contributed by atoms with Gasteiger partial charge in [0.1, 0.15) is 0 Å². The number of nitrogens with one attached hydrogen (secondary N) is 1. The van der Waals surface area contributed by atoms with Gasteiger partial charge in [0.05, 0.1) is 22.8 Å². The van der Waals surface area contributed by atoms with E-state index in [1.807, 2.05) is 29.8 Å². The van der Waals surface area contributed by atoms with Gasteiger partial charge in [-0.3, -0.25) is 9.59 Å². The van der Waals surface area contributed by atoms with Crippen molar-refractivity contribution in [3.63, 3.8) is 0 Å². The minimum atomic E-state index is -3.54. The molecule has 1 aliphatic heterocycles. The van der Waals surface area contributed by atoms with Crippen molar-refractivity contribution in [1.29, 1.82) is 0 Å². The highest BCUT2D eigenvalue weighted by Crippen LogP contribution is 2.30. The number of nitrogens with zero attached hydrogens (tertiary/aromatic N) is 4. The number of amides is 2. The number of rotatable bonds is 5. The Balaban J connectivity index is 1.44. The summed E-state index contributed by atoms with van der Waals surface area (Å²) in [6, 6.07) is 14.7. The van der Waals surface area contributed by atoms with Gasteiger partial charge in [-0.2, -0.15) is 8.78 Å². The van der Waals surface area contributed by atoms with Crippen LogP contribution in [0.4, 0.5) is 8.78 Å². The zero-order chi connectivity index (χ0) is 26.5. The summed E-state index contributed by atoms with van der Waals surface area (Å²) in [5.41, 5.74) is 3.96. The van der Waals surface area contributed by atoms with Crippen molar-refractivity contribution in [3.8, 4) is 11.5 Å². The van der Waals surface area contributed by atoms with Gasteiger partial charge < -0.3 is 24.5 Å². The molecular weight excluding hydrogens is 480 g/mol. The van der Waals surface area contributed by atoms with Crippen LogP contribution in [0.1, 0.15) is 30.6 Å². The smallest absolute Gasteiger partial charge is 0.321 e. The average molecular weight is 510 g/mol. The number of para-hydroxylation sites is 1. The molecule has 8 nitrogen and oxygen atoms in total. The lowest BCUT2D eigenvalue weighted by Gasteiger charge is -2.36. The highest BCUT2D eigenvalue weighted by Gasteiger charge is 2.37. The van der Waals surface area contributed by atoms with Crippen LogP contribution in [0.2, 0.25) is 0 Å². The van der Waals surface area contributed by atoms with Gasteiger partial charge in [0.25, 0.3) is 11.8 Å². The quantitative estimate of drug-likeness (QED) is 0.430. The molecule has 2 aromatic heterocycles. The van der Waals surface area contributed by atoms with E-state index in [0.29, 0.717) is 18.0 Å². The van der Waals surface area contributed by atoms with Crippen molar-refractivity contribution in [2.45, 2.75) is 44.9 Å². The first-order chi connectivity index (χ1) is 17.6. The van der Waals surface area contributed by atoms with Crippen LogP contribution in [0, 0.1) is 0 Å². The van der Waals surface area contributed by atoms with Gasteiger partial charge in [0, 0.05) is 56.1 Å². The molecule has 0 bridgehead atoms. The number of piperidine rings is 1. The largest absolute Gasteiger partial charge is 0.391 e. The Morgan fingerprint density at radius 2 is 1.89 bits per heavy atom. The highest BCUT2D eigenvalue weighted by atomic mass is 19.3. The number of aromatic nitrogens is 3. The number of hydrogen-bond donors (Lipinski definition) is 2. The Morgan fingerprint density at radius 1 is 1.14 bits per heavy atom. The van der Waals surface area contributed by atoms with E-state index in [1.165, 1.54) is 4.90 Å². The topological polar surface area (TPSA) is 92.4 Å². The molecule has 5 rings (SSSR count). The maximum Gasteiger partial charge on any atom is 0.321 e. The number of benzene rings is 2. The molecule has 2 aromatic carbocycles. The van der Waals surface area contributed by atoms with E-state index in [1.54, 1.807) is 12.1 Å². The highest BCUT2D eigenvalue weighted by molar-refractivity contribution is 5.98. The molecule has 0 radical (unpaired) electrons. The molecule has 4 aromatic rings. The molecule has 0 spiro atoms. The summed E-state index contributed by atoms with van der Waals surface area (Å²) in [7, 11) is 1.93.